The Kier molecular flexibility index (Phi) is 3.36. The third-order valence-electron chi connectivity index (χ3n) is 2.32. The van der Waals surface area contributed by atoms with E-state index in [2.05, 4.69) is 20.7 Å². The first-order valence-corrected chi connectivity index (χ1v) is 6.04. The molecule has 1 N–H and O–H groups in total. The molecule has 0 atom stereocenters. The topological polar surface area (TPSA) is 55.6 Å². The molecule has 5 nitrogen and oxygen atoms in total. The fourth-order valence-electron chi connectivity index (χ4n) is 1.53. The molecule has 2 rings (SSSR count). The maximum atomic E-state index is 4.12. The quantitative estimate of drug-likeness (QED) is 0.777. The van der Waals surface area contributed by atoms with E-state index in [-0.39, 0.29) is 0 Å². The molecule has 78 valence electrons. The van der Waals surface area contributed by atoms with Gasteiger partial charge in [0.1, 0.15) is 0 Å². The Hall–Kier alpha value is -0.620. The van der Waals surface area contributed by atoms with Crippen LogP contribution in [0.15, 0.2) is 0 Å². The van der Waals surface area contributed by atoms with Gasteiger partial charge in [0.2, 0.25) is 0 Å². The molecule has 1 aromatic rings. The molecule has 14 heavy (non-hydrogen) atoms. The molecule has 2 heterocycles. The zero-order chi connectivity index (χ0) is 9.80. The number of aromatic nitrogens is 4. The van der Waals surface area contributed by atoms with E-state index in [0.29, 0.717) is 6.04 Å². The van der Waals surface area contributed by atoms with E-state index in [4.69, 9.17) is 0 Å². The van der Waals surface area contributed by atoms with Crippen LogP contribution in [-0.2, 0) is 13.6 Å². The van der Waals surface area contributed by atoms with Crippen molar-refractivity contribution in [1.29, 1.82) is 0 Å². The second-order valence-electron chi connectivity index (χ2n) is 3.46. The van der Waals surface area contributed by atoms with E-state index >= 15 is 0 Å². The van der Waals surface area contributed by atoms with Crippen molar-refractivity contribution in [3.63, 3.8) is 0 Å². The number of rotatable bonds is 3. The number of nitrogens with one attached hydrogen (secondary N) is 1. The molecular weight excluding hydrogens is 198 g/mol. The van der Waals surface area contributed by atoms with E-state index < -0.39 is 0 Å². The van der Waals surface area contributed by atoms with Gasteiger partial charge in [0, 0.05) is 6.04 Å². The number of tetrazole rings is 1. The van der Waals surface area contributed by atoms with Crippen LogP contribution in [0.1, 0.15) is 18.7 Å². The summed E-state index contributed by atoms with van der Waals surface area (Å²) in [7, 11) is 1.79. The van der Waals surface area contributed by atoms with Gasteiger partial charge >= 0.3 is 0 Å². The van der Waals surface area contributed by atoms with E-state index in [1.807, 2.05) is 11.8 Å². The summed E-state index contributed by atoms with van der Waals surface area (Å²) < 4.78 is 0. The van der Waals surface area contributed by atoms with Crippen molar-refractivity contribution < 1.29 is 0 Å². The molecular formula is C8H15N5S. The minimum atomic E-state index is 0.639. The minimum absolute atomic E-state index is 0.639. The summed E-state index contributed by atoms with van der Waals surface area (Å²) in [4.78, 5) is 1.49. The highest BCUT2D eigenvalue weighted by molar-refractivity contribution is 7.99. The first kappa shape index (κ1) is 9.92. The van der Waals surface area contributed by atoms with Gasteiger partial charge in [0.05, 0.1) is 13.6 Å². The van der Waals surface area contributed by atoms with Gasteiger partial charge in [-0.3, -0.25) is 0 Å². The lowest BCUT2D eigenvalue weighted by Crippen LogP contribution is -2.32. The third-order valence-corrected chi connectivity index (χ3v) is 3.37. The number of aryl methyl sites for hydroxylation is 1. The van der Waals surface area contributed by atoms with Crippen LogP contribution in [0.4, 0.5) is 0 Å². The molecule has 0 saturated carbocycles. The smallest absolute Gasteiger partial charge is 0.188 e. The second kappa shape index (κ2) is 4.75. The normalized spacial score (nSPS) is 18.6. The second-order valence-corrected chi connectivity index (χ2v) is 4.69. The molecule has 1 saturated heterocycles. The van der Waals surface area contributed by atoms with Gasteiger partial charge in [0.25, 0.3) is 0 Å². The van der Waals surface area contributed by atoms with E-state index in [9.17, 15) is 0 Å². The molecule has 0 bridgehead atoms. The van der Waals surface area contributed by atoms with Crippen LogP contribution in [0.3, 0.4) is 0 Å². The van der Waals surface area contributed by atoms with Gasteiger partial charge in [0.15, 0.2) is 5.82 Å². The Morgan fingerprint density at radius 3 is 2.93 bits per heavy atom. The van der Waals surface area contributed by atoms with Gasteiger partial charge in [-0.1, -0.05) is 0 Å². The molecule has 0 amide bonds. The molecule has 0 aromatic carbocycles. The van der Waals surface area contributed by atoms with Crippen molar-refractivity contribution in [3.8, 4) is 0 Å². The lowest BCUT2D eigenvalue weighted by Gasteiger charge is -2.21. The summed E-state index contributed by atoms with van der Waals surface area (Å²) in [5.74, 6) is 3.32. The standard InChI is InChI=1S/C8H15N5S/c1-13-11-8(10-12-13)6-9-7-2-4-14-5-3-7/h7,9H,2-6H2,1H3. The van der Waals surface area contributed by atoms with Gasteiger partial charge < -0.3 is 5.32 Å². The lowest BCUT2D eigenvalue weighted by atomic mass is 10.1. The molecule has 0 spiro atoms. The number of thioether (sulfide) groups is 1. The molecule has 0 radical (unpaired) electrons. The highest BCUT2D eigenvalue weighted by Crippen LogP contribution is 2.16. The zero-order valence-corrected chi connectivity index (χ0v) is 9.13. The highest BCUT2D eigenvalue weighted by atomic mass is 32.2. The molecule has 1 aliphatic heterocycles. The summed E-state index contributed by atoms with van der Waals surface area (Å²) in [5, 5.41) is 15.3. The monoisotopic (exact) mass is 213 g/mol. The van der Waals surface area contributed by atoms with Crippen molar-refractivity contribution in [2.75, 3.05) is 11.5 Å². The minimum Gasteiger partial charge on any atom is -0.307 e. The fourth-order valence-corrected chi connectivity index (χ4v) is 2.64. The van der Waals surface area contributed by atoms with E-state index in [1.54, 1.807) is 7.05 Å². The Morgan fingerprint density at radius 2 is 2.29 bits per heavy atom. The number of hydrogen-bond donors (Lipinski definition) is 1. The third kappa shape index (κ3) is 2.68. The van der Waals surface area contributed by atoms with Crippen molar-refractivity contribution in [1.82, 2.24) is 25.5 Å². The van der Waals surface area contributed by atoms with Crippen molar-refractivity contribution in [2.24, 2.45) is 7.05 Å². The predicted octanol–water partition coefficient (Wildman–Crippen LogP) is 0.195. The Bertz CT molecular complexity index is 281. The van der Waals surface area contributed by atoms with Crippen LogP contribution in [0.2, 0.25) is 0 Å². The van der Waals surface area contributed by atoms with E-state index in [1.165, 1.54) is 29.1 Å². The van der Waals surface area contributed by atoms with Crippen LogP contribution in [0.5, 0.6) is 0 Å². The predicted molar refractivity (Wildman–Crippen MR) is 56.0 cm³/mol. The van der Waals surface area contributed by atoms with Crippen LogP contribution >= 0.6 is 11.8 Å². The molecule has 6 heteroatoms. The van der Waals surface area contributed by atoms with Gasteiger partial charge in [-0.25, -0.2) is 0 Å². The summed E-state index contributed by atoms with van der Waals surface area (Å²) >= 11 is 2.04. The summed E-state index contributed by atoms with van der Waals surface area (Å²) in [5.41, 5.74) is 0. The Balaban J connectivity index is 1.76. The highest BCUT2D eigenvalue weighted by Gasteiger charge is 2.13. The van der Waals surface area contributed by atoms with Gasteiger partial charge in [-0.2, -0.15) is 16.6 Å². The van der Waals surface area contributed by atoms with Crippen LogP contribution < -0.4 is 5.32 Å². The first-order valence-electron chi connectivity index (χ1n) is 4.88. The molecule has 0 aliphatic carbocycles. The Morgan fingerprint density at radius 1 is 1.50 bits per heavy atom. The van der Waals surface area contributed by atoms with Crippen LogP contribution in [0.25, 0.3) is 0 Å². The molecule has 1 aromatic heterocycles. The average molecular weight is 213 g/mol. The van der Waals surface area contributed by atoms with Crippen LogP contribution in [0, 0.1) is 0 Å². The molecule has 0 unspecified atom stereocenters. The summed E-state index contributed by atoms with van der Waals surface area (Å²) in [6.07, 6.45) is 2.51. The lowest BCUT2D eigenvalue weighted by molar-refractivity contribution is 0.473. The average Bonchev–Trinajstić information content (AvgIpc) is 2.63. The number of hydrogen-bond acceptors (Lipinski definition) is 5. The van der Waals surface area contributed by atoms with E-state index in [0.717, 1.165) is 12.4 Å². The number of nitrogens with zero attached hydrogens (tertiary/aromatic N) is 4. The molecule has 1 fully saturated rings. The maximum Gasteiger partial charge on any atom is 0.188 e. The zero-order valence-electron chi connectivity index (χ0n) is 8.31. The van der Waals surface area contributed by atoms with Crippen molar-refractivity contribution >= 4 is 11.8 Å². The Labute approximate surface area is 87.6 Å². The maximum absolute atomic E-state index is 4.12. The summed E-state index contributed by atoms with van der Waals surface area (Å²) in [6, 6.07) is 0.639. The first-order chi connectivity index (χ1) is 6.84. The molecule has 1 aliphatic rings. The van der Waals surface area contributed by atoms with Crippen molar-refractivity contribution in [3.05, 3.63) is 5.82 Å². The SMILES string of the molecule is Cn1nnc(CNC2CCSCC2)n1. The summed E-state index contributed by atoms with van der Waals surface area (Å²) in [6.45, 7) is 0.739. The fraction of sp³-hybridized carbons (Fsp3) is 0.875. The van der Waals surface area contributed by atoms with Gasteiger partial charge in [-0.05, 0) is 29.6 Å². The van der Waals surface area contributed by atoms with Crippen LogP contribution in [-0.4, -0.2) is 37.8 Å². The van der Waals surface area contributed by atoms with Crippen molar-refractivity contribution in [2.45, 2.75) is 25.4 Å². The largest absolute Gasteiger partial charge is 0.307 e. The van der Waals surface area contributed by atoms with Gasteiger partial charge in [-0.15, -0.1) is 10.2 Å².